The molecule has 1 atom stereocenters. The van der Waals surface area contributed by atoms with Crippen LogP contribution in [0.4, 0.5) is 0 Å². The third-order valence-corrected chi connectivity index (χ3v) is 3.62. The fourth-order valence-electron chi connectivity index (χ4n) is 2.79. The zero-order valence-electron chi connectivity index (χ0n) is 11.7. The van der Waals surface area contributed by atoms with Crippen LogP contribution in [0.15, 0.2) is 0 Å². The van der Waals surface area contributed by atoms with Crippen LogP contribution in [0.5, 0.6) is 0 Å². The highest BCUT2D eigenvalue weighted by Crippen LogP contribution is 2.27. The Hall–Kier alpha value is -0.530. The highest BCUT2D eigenvalue weighted by Gasteiger charge is 2.16. The van der Waals surface area contributed by atoms with Crippen LogP contribution in [0.2, 0.25) is 0 Å². The average molecular weight is 240 g/mol. The second-order valence-corrected chi connectivity index (χ2v) is 5.97. The summed E-state index contributed by atoms with van der Waals surface area (Å²) in [4.78, 5) is 11.7. The Morgan fingerprint density at radius 2 is 1.82 bits per heavy atom. The SMILES string of the molecule is CC(C)C[C@H](C)OC(=O)CCC1CCCCC1. The van der Waals surface area contributed by atoms with Crippen molar-refractivity contribution >= 4 is 5.97 Å². The van der Waals surface area contributed by atoms with E-state index in [9.17, 15) is 4.79 Å². The van der Waals surface area contributed by atoms with Crippen molar-refractivity contribution in [2.24, 2.45) is 11.8 Å². The highest BCUT2D eigenvalue weighted by atomic mass is 16.5. The number of esters is 1. The quantitative estimate of drug-likeness (QED) is 0.646. The Kier molecular flexibility index (Phi) is 6.61. The van der Waals surface area contributed by atoms with Gasteiger partial charge in [-0.2, -0.15) is 0 Å². The minimum Gasteiger partial charge on any atom is -0.463 e. The molecule has 0 heterocycles. The minimum atomic E-state index is 0.00345. The van der Waals surface area contributed by atoms with Gasteiger partial charge in [0.2, 0.25) is 0 Å². The molecule has 1 aliphatic carbocycles. The Morgan fingerprint density at radius 1 is 1.18 bits per heavy atom. The second-order valence-electron chi connectivity index (χ2n) is 5.97. The molecular weight excluding hydrogens is 212 g/mol. The van der Waals surface area contributed by atoms with Crippen LogP contribution in [0.25, 0.3) is 0 Å². The Balaban J connectivity index is 2.11. The minimum absolute atomic E-state index is 0.00345. The molecule has 0 aromatic carbocycles. The van der Waals surface area contributed by atoms with Crippen molar-refractivity contribution < 1.29 is 9.53 Å². The maximum atomic E-state index is 11.7. The van der Waals surface area contributed by atoms with Crippen LogP contribution in [0, 0.1) is 11.8 Å². The van der Waals surface area contributed by atoms with Crippen molar-refractivity contribution in [3.05, 3.63) is 0 Å². The molecule has 2 heteroatoms. The predicted octanol–water partition coefficient (Wildman–Crippen LogP) is 4.32. The fraction of sp³-hybridized carbons (Fsp3) is 0.933. The lowest BCUT2D eigenvalue weighted by Gasteiger charge is -2.21. The molecule has 100 valence electrons. The smallest absolute Gasteiger partial charge is 0.306 e. The van der Waals surface area contributed by atoms with E-state index in [2.05, 4.69) is 13.8 Å². The first kappa shape index (κ1) is 14.5. The first-order valence-corrected chi connectivity index (χ1v) is 7.27. The maximum absolute atomic E-state index is 11.7. The maximum Gasteiger partial charge on any atom is 0.306 e. The molecule has 0 amide bonds. The van der Waals surface area contributed by atoms with Crippen molar-refractivity contribution in [3.8, 4) is 0 Å². The standard InChI is InChI=1S/C15H28O2/c1-12(2)11-13(3)17-15(16)10-9-14-7-5-4-6-8-14/h12-14H,4-11H2,1-3H3/t13-/m0/s1. The van der Waals surface area contributed by atoms with Gasteiger partial charge in [0.05, 0.1) is 6.10 Å². The van der Waals surface area contributed by atoms with E-state index in [0.29, 0.717) is 12.3 Å². The number of hydrogen-bond acceptors (Lipinski definition) is 2. The van der Waals surface area contributed by atoms with E-state index in [0.717, 1.165) is 18.8 Å². The van der Waals surface area contributed by atoms with Crippen molar-refractivity contribution in [1.82, 2.24) is 0 Å². The lowest BCUT2D eigenvalue weighted by molar-refractivity contribution is -0.149. The molecule has 0 spiro atoms. The summed E-state index contributed by atoms with van der Waals surface area (Å²) in [7, 11) is 0. The van der Waals surface area contributed by atoms with E-state index in [1.165, 1.54) is 32.1 Å². The van der Waals surface area contributed by atoms with Gasteiger partial charge in [-0.3, -0.25) is 4.79 Å². The summed E-state index contributed by atoms with van der Waals surface area (Å²) in [6, 6.07) is 0. The number of hydrogen-bond donors (Lipinski definition) is 0. The highest BCUT2D eigenvalue weighted by molar-refractivity contribution is 5.69. The van der Waals surface area contributed by atoms with Crippen LogP contribution in [-0.2, 0) is 9.53 Å². The van der Waals surface area contributed by atoms with E-state index in [1.807, 2.05) is 6.92 Å². The van der Waals surface area contributed by atoms with Crippen LogP contribution in [0.3, 0.4) is 0 Å². The molecule has 0 N–H and O–H groups in total. The first-order chi connectivity index (χ1) is 8.08. The van der Waals surface area contributed by atoms with Crippen LogP contribution in [0.1, 0.15) is 72.1 Å². The third-order valence-electron chi connectivity index (χ3n) is 3.62. The molecule has 0 aliphatic heterocycles. The van der Waals surface area contributed by atoms with Crippen LogP contribution >= 0.6 is 0 Å². The van der Waals surface area contributed by atoms with E-state index in [1.54, 1.807) is 0 Å². The molecule has 17 heavy (non-hydrogen) atoms. The molecule has 0 saturated heterocycles. The van der Waals surface area contributed by atoms with Gasteiger partial charge in [0, 0.05) is 6.42 Å². The summed E-state index contributed by atoms with van der Waals surface area (Å²) in [5.74, 6) is 1.37. The van der Waals surface area contributed by atoms with Gasteiger partial charge >= 0.3 is 5.97 Å². The molecule has 0 aromatic rings. The molecule has 0 bridgehead atoms. The molecule has 1 aliphatic rings. The monoisotopic (exact) mass is 240 g/mol. The largest absolute Gasteiger partial charge is 0.463 e. The van der Waals surface area contributed by atoms with Gasteiger partial charge in [0.1, 0.15) is 0 Å². The van der Waals surface area contributed by atoms with Crippen LogP contribution in [-0.4, -0.2) is 12.1 Å². The van der Waals surface area contributed by atoms with Crippen molar-refractivity contribution in [2.75, 3.05) is 0 Å². The van der Waals surface area contributed by atoms with Crippen LogP contribution < -0.4 is 0 Å². The number of carbonyl (C=O) groups excluding carboxylic acids is 1. The summed E-state index contributed by atoms with van der Waals surface area (Å²) in [5, 5.41) is 0. The van der Waals surface area contributed by atoms with Gasteiger partial charge in [0.25, 0.3) is 0 Å². The summed E-state index contributed by atoms with van der Waals surface area (Å²) < 4.78 is 5.41. The Bertz CT molecular complexity index is 217. The normalized spacial score (nSPS) is 19.3. The molecule has 1 saturated carbocycles. The molecular formula is C15H28O2. The van der Waals surface area contributed by atoms with Gasteiger partial charge in [-0.15, -0.1) is 0 Å². The van der Waals surface area contributed by atoms with Gasteiger partial charge in [0.15, 0.2) is 0 Å². The summed E-state index contributed by atoms with van der Waals surface area (Å²) in [6.07, 6.45) is 9.41. The van der Waals surface area contributed by atoms with Gasteiger partial charge < -0.3 is 4.74 Å². The van der Waals surface area contributed by atoms with Crippen molar-refractivity contribution in [1.29, 1.82) is 0 Å². The van der Waals surface area contributed by atoms with Crippen molar-refractivity contribution in [3.63, 3.8) is 0 Å². The topological polar surface area (TPSA) is 26.3 Å². The third kappa shape index (κ3) is 6.70. The Morgan fingerprint density at radius 3 is 2.41 bits per heavy atom. The number of rotatable bonds is 6. The lowest BCUT2D eigenvalue weighted by Crippen LogP contribution is -2.18. The number of ether oxygens (including phenoxy) is 1. The molecule has 0 radical (unpaired) electrons. The molecule has 1 fully saturated rings. The zero-order valence-corrected chi connectivity index (χ0v) is 11.7. The zero-order chi connectivity index (χ0) is 12.7. The molecule has 2 nitrogen and oxygen atoms in total. The number of carbonyl (C=O) groups is 1. The predicted molar refractivity (Wildman–Crippen MR) is 70.8 cm³/mol. The first-order valence-electron chi connectivity index (χ1n) is 7.27. The summed E-state index contributed by atoms with van der Waals surface area (Å²) >= 11 is 0. The van der Waals surface area contributed by atoms with E-state index in [-0.39, 0.29) is 12.1 Å². The lowest BCUT2D eigenvalue weighted by atomic mass is 9.86. The van der Waals surface area contributed by atoms with Gasteiger partial charge in [-0.1, -0.05) is 46.0 Å². The second kappa shape index (κ2) is 7.73. The van der Waals surface area contributed by atoms with E-state index < -0.39 is 0 Å². The fourth-order valence-corrected chi connectivity index (χ4v) is 2.79. The summed E-state index contributed by atoms with van der Waals surface area (Å²) in [6.45, 7) is 6.32. The van der Waals surface area contributed by atoms with Crippen molar-refractivity contribution in [2.45, 2.75) is 78.2 Å². The van der Waals surface area contributed by atoms with Gasteiger partial charge in [-0.25, -0.2) is 0 Å². The molecule has 0 unspecified atom stereocenters. The van der Waals surface area contributed by atoms with E-state index >= 15 is 0 Å². The van der Waals surface area contributed by atoms with Gasteiger partial charge in [-0.05, 0) is 31.6 Å². The average Bonchev–Trinajstić information content (AvgIpc) is 2.26. The summed E-state index contributed by atoms with van der Waals surface area (Å²) in [5.41, 5.74) is 0. The molecule has 1 rings (SSSR count). The Labute approximate surface area is 106 Å². The molecule has 0 aromatic heterocycles. The van der Waals surface area contributed by atoms with E-state index in [4.69, 9.17) is 4.74 Å².